The first-order chi connectivity index (χ1) is 50.1. The number of hydrogen-bond donors (Lipinski definition) is 0. The zero-order valence-electron chi connectivity index (χ0n) is 53.0. The van der Waals surface area contributed by atoms with E-state index in [1.165, 1.54) is 39.5 Å². The highest BCUT2D eigenvalue weighted by molar-refractivity contribution is 6.14. The van der Waals surface area contributed by atoms with E-state index in [1.54, 1.807) is 6.07 Å². The zero-order valence-corrected chi connectivity index (χ0v) is 53.0. The van der Waals surface area contributed by atoms with Crippen LogP contribution in [-0.2, 0) is 55.6 Å². The summed E-state index contributed by atoms with van der Waals surface area (Å²) >= 11 is 0. The van der Waals surface area contributed by atoms with Gasteiger partial charge in [0.2, 0.25) is 0 Å². The molecule has 31 heteroatoms. The average molecular weight is 1530 g/mol. The molecule has 0 N–H and O–H groups in total. The molecule has 0 unspecified atom stereocenters. The first-order valence-electron chi connectivity index (χ1n) is 30.8. The van der Waals surface area contributed by atoms with Crippen LogP contribution in [0.15, 0.2) is 200 Å². The number of rotatable bonds is 8. The van der Waals surface area contributed by atoms with Gasteiger partial charge in [-0.1, -0.05) is 66.7 Å². The molecule has 11 aromatic carbocycles. The second-order valence-corrected chi connectivity index (χ2v) is 24.6. The molecule has 2 aromatic heterocycles. The van der Waals surface area contributed by atoms with Crippen molar-refractivity contribution in [3.63, 3.8) is 0 Å². The molecule has 0 aliphatic rings. The zero-order chi connectivity index (χ0) is 78.5. The van der Waals surface area contributed by atoms with Gasteiger partial charge in [0.15, 0.2) is 0 Å². The first kappa shape index (κ1) is 74.4. The molecule has 108 heavy (non-hydrogen) atoms. The van der Waals surface area contributed by atoms with Crippen LogP contribution >= 0.6 is 0 Å². The van der Waals surface area contributed by atoms with Gasteiger partial charge in [0.25, 0.3) is 0 Å². The van der Waals surface area contributed by atoms with Gasteiger partial charge in [-0.05, 0) is 189 Å². The number of benzene rings is 11. The normalized spacial score (nSPS) is 13.1. The van der Waals surface area contributed by atoms with E-state index in [1.807, 2.05) is 6.07 Å². The highest BCUT2D eigenvalue weighted by atomic mass is 19.4. The predicted molar refractivity (Wildman–Crippen MR) is 342 cm³/mol. The molecule has 0 saturated heterocycles. The van der Waals surface area contributed by atoms with Crippen LogP contribution in [0.1, 0.15) is 61.2 Å². The molecule has 0 radical (unpaired) electrons. The molecule has 0 aliphatic carbocycles. The van der Waals surface area contributed by atoms with Crippen LogP contribution in [0.5, 0.6) is 0 Å². The summed E-state index contributed by atoms with van der Waals surface area (Å²) in [4.78, 5) is 0. The number of aromatic nitrogens is 2. The minimum atomic E-state index is -5.54. The van der Waals surface area contributed by atoms with Crippen LogP contribution in [0.3, 0.4) is 0 Å². The van der Waals surface area contributed by atoms with E-state index in [2.05, 4.69) is 0 Å². The molecule has 0 aliphatic heterocycles. The fourth-order valence-electron chi connectivity index (χ4n) is 13.3. The summed E-state index contributed by atoms with van der Waals surface area (Å²) in [6.07, 6.45) is -48.6. The van der Waals surface area contributed by atoms with Gasteiger partial charge in [-0.15, -0.1) is 0 Å². The molecule has 0 saturated carbocycles. The number of fused-ring (bicyclic) bond motifs is 6. The third-order valence-corrected chi connectivity index (χ3v) is 18.1. The van der Waals surface area contributed by atoms with Crippen LogP contribution in [0.4, 0.5) is 119 Å². The Morgan fingerprint density at radius 1 is 0.213 bits per heavy atom. The maximum atomic E-state index is 15.0. The summed E-state index contributed by atoms with van der Waals surface area (Å²) < 4.78 is 395. The Hall–Kier alpha value is -11.9. The van der Waals surface area contributed by atoms with E-state index < -0.39 is 156 Å². The topological polar surface area (TPSA) is 57.4 Å². The summed E-state index contributed by atoms with van der Waals surface area (Å²) in [5.74, 6) is 0. The third kappa shape index (κ3) is 13.6. The molecule has 2 heterocycles. The van der Waals surface area contributed by atoms with Crippen molar-refractivity contribution in [1.82, 2.24) is 9.13 Å². The summed E-state index contributed by atoms with van der Waals surface area (Å²) in [5.41, 5.74) is -24.3. The second-order valence-electron chi connectivity index (χ2n) is 24.6. The Morgan fingerprint density at radius 2 is 0.481 bits per heavy atom. The van der Waals surface area contributed by atoms with Crippen LogP contribution in [0.25, 0.3) is 122 Å². The van der Waals surface area contributed by atoms with Gasteiger partial charge in [0.1, 0.15) is 0 Å². The number of nitriles is 2. The van der Waals surface area contributed by atoms with Crippen LogP contribution in [0, 0.1) is 22.7 Å². The largest absolute Gasteiger partial charge is 0.417 e. The first-order valence-corrected chi connectivity index (χ1v) is 30.8. The lowest BCUT2D eigenvalue weighted by Crippen LogP contribution is -2.12. The summed E-state index contributed by atoms with van der Waals surface area (Å²) in [7, 11) is 0. The van der Waals surface area contributed by atoms with Crippen molar-refractivity contribution in [2.24, 2.45) is 0 Å². The predicted octanol–water partition coefficient (Wildman–Crippen LogP) is 26.8. The van der Waals surface area contributed by atoms with Gasteiger partial charge >= 0.3 is 55.6 Å². The maximum absolute atomic E-state index is 15.0. The van der Waals surface area contributed by atoms with Gasteiger partial charge < -0.3 is 9.13 Å². The Labute approximate surface area is 587 Å². The van der Waals surface area contributed by atoms with Gasteiger partial charge in [-0.3, -0.25) is 0 Å². The van der Waals surface area contributed by atoms with Crippen molar-refractivity contribution in [2.75, 3.05) is 0 Å². The van der Waals surface area contributed by atoms with Crippen LogP contribution in [0.2, 0.25) is 0 Å². The molecule has 0 fully saturated rings. The van der Waals surface area contributed by atoms with E-state index >= 15 is 52.7 Å². The molecule has 13 aromatic rings. The Kier molecular flexibility index (Phi) is 17.5. The molecule has 13 rings (SSSR count). The second kappa shape index (κ2) is 25.4. The molecule has 550 valence electrons. The average Bonchev–Trinajstić information content (AvgIpc) is 1.56. The summed E-state index contributed by atoms with van der Waals surface area (Å²) in [6, 6.07) is 27.4. The molecular weight excluding hydrogens is 1490 g/mol. The standard InChI is InChI=1S/C77H33F27N4/c78-69(79,80)43-7-13-48(42(24-43)35-106)37-2-18-63(107-64-19-3-38(49-14-8-44(70(81,82)83)30-59(49)74(93,94)95)26-55(64)56-27-39(4-20-65(56)107)50-15-9-45(71(84,85)86)31-60(50)75(96,97)98)54(25-37)53-12-1-36(34-105)23-68(53)108-66-21-5-40(51-16-10-46(72(87,88)89)32-61(51)76(99,100)101)28-57(66)58-29-41(6-22-67(58)108)52-17-11-47(73(90,91)92)33-62(52)77(102,103)104/h1-33H. The molecule has 0 bridgehead atoms. The number of halogens is 27. The summed E-state index contributed by atoms with van der Waals surface area (Å²) in [6.45, 7) is 0. The van der Waals surface area contributed by atoms with E-state index in [0.29, 0.717) is 60.7 Å². The fourth-order valence-corrected chi connectivity index (χ4v) is 13.3. The van der Waals surface area contributed by atoms with Crippen molar-refractivity contribution in [3.05, 3.63) is 261 Å². The van der Waals surface area contributed by atoms with Crippen molar-refractivity contribution in [3.8, 4) is 90.3 Å². The van der Waals surface area contributed by atoms with Gasteiger partial charge in [-0.25, -0.2) is 0 Å². The quantitative estimate of drug-likeness (QED) is 0.142. The molecule has 0 spiro atoms. The van der Waals surface area contributed by atoms with E-state index in [-0.39, 0.29) is 107 Å². The van der Waals surface area contributed by atoms with E-state index in [0.717, 1.165) is 84.9 Å². The Balaban J connectivity index is 1.16. The van der Waals surface area contributed by atoms with Crippen molar-refractivity contribution in [1.29, 1.82) is 10.5 Å². The number of hydrogen-bond acceptors (Lipinski definition) is 2. The minimum Gasteiger partial charge on any atom is -0.309 e. The van der Waals surface area contributed by atoms with Gasteiger partial charge in [0.05, 0.1) is 107 Å². The van der Waals surface area contributed by atoms with Gasteiger partial charge in [-0.2, -0.15) is 129 Å². The lowest BCUT2D eigenvalue weighted by molar-refractivity contribution is -0.144. The maximum Gasteiger partial charge on any atom is 0.417 e. The van der Waals surface area contributed by atoms with Crippen LogP contribution < -0.4 is 0 Å². The molecule has 4 nitrogen and oxygen atoms in total. The third-order valence-electron chi connectivity index (χ3n) is 18.1. The van der Waals surface area contributed by atoms with Gasteiger partial charge in [0, 0.05) is 32.7 Å². The smallest absolute Gasteiger partial charge is 0.309 e. The molecule has 0 amide bonds. The number of alkyl halides is 27. The highest BCUT2D eigenvalue weighted by Crippen LogP contribution is 2.52. The van der Waals surface area contributed by atoms with Crippen molar-refractivity contribution < 1.29 is 119 Å². The van der Waals surface area contributed by atoms with E-state index in [4.69, 9.17) is 0 Å². The Morgan fingerprint density at radius 3 is 0.769 bits per heavy atom. The molecular formula is C77H33F27N4. The van der Waals surface area contributed by atoms with E-state index in [9.17, 15) is 76.4 Å². The van der Waals surface area contributed by atoms with Crippen LogP contribution in [-0.4, -0.2) is 9.13 Å². The monoisotopic (exact) mass is 1530 g/mol. The SMILES string of the molecule is N#Cc1ccc(-c2cc(-c3ccc(C(F)(F)F)cc3C#N)ccc2-n2c3ccc(-c4ccc(C(F)(F)F)cc4C(F)(F)F)cc3c3cc(-c4ccc(C(F)(F)F)cc4C(F)(F)F)ccc32)c(-n2c3ccc(-c4ccc(C(F)(F)F)cc4C(F)(F)F)cc3c3cc(-c4ccc(C(F)(F)F)cc4C(F)(F)F)ccc32)c1. The highest BCUT2D eigenvalue weighted by Gasteiger charge is 2.44. The number of nitrogens with zero attached hydrogens (tertiary/aromatic N) is 4. The fraction of sp³-hybridized carbons (Fsp3) is 0.117. The van der Waals surface area contributed by atoms with Crippen molar-refractivity contribution >= 4 is 43.6 Å². The lowest BCUT2D eigenvalue weighted by atomic mass is 9.92. The Bertz CT molecular complexity index is 5680. The van der Waals surface area contributed by atoms with Crippen molar-refractivity contribution in [2.45, 2.75) is 55.6 Å². The minimum absolute atomic E-state index is 0.144. The summed E-state index contributed by atoms with van der Waals surface area (Å²) in [5, 5.41) is 20.1. The lowest BCUT2D eigenvalue weighted by Gasteiger charge is -2.21. The molecule has 0 atom stereocenters.